The van der Waals surface area contributed by atoms with Crippen molar-refractivity contribution in [3.63, 3.8) is 0 Å². The van der Waals surface area contributed by atoms with Gasteiger partial charge in [0.1, 0.15) is 11.5 Å². The number of primary amides is 1. The van der Waals surface area contributed by atoms with E-state index >= 15 is 0 Å². The minimum absolute atomic E-state index is 0.109. The summed E-state index contributed by atoms with van der Waals surface area (Å²) in [4.78, 5) is 30.4. The molecule has 0 unspecified atom stereocenters. The molecular formula is C24H20FN7O2. The van der Waals surface area contributed by atoms with Gasteiger partial charge in [-0.1, -0.05) is 24.3 Å². The number of hydrogen-bond acceptors (Lipinski definition) is 4. The highest BCUT2D eigenvalue weighted by atomic mass is 19.1. The molecule has 170 valence electrons. The molecule has 34 heavy (non-hydrogen) atoms. The van der Waals surface area contributed by atoms with Gasteiger partial charge in [0.25, 0.3) is 5.91 Å². The van der Waals surface area contributed by atoms with Crippen molar-refractivity contribution in [3.05, 3.63) is 76.7 Å². The van der Waals surface area contributed by atoms with Gasteiger partial charge in [-0.3, -0.25) is 19.0 Å². The highest BCUT2D eigenvalue weighted by Gasteiger charge is 2.30. The van der Waals surface area contributed by atoms with Crippen molar-refractivity contribution < 1.29 is 14.0 Å². The number of benzene rings is 2. The maximum absolute atomic E-state index is 14.7. The number of fused-ring (bicyclic) bond motifs is 2. The maximum Gasteiger partial charge on any atom is 0.252 e. The van der Waals surface area contributed by atoms with Gasteiger partial charge in [-0.15, -0.1) is 0 Å². The first kappa shape index (κ1) is 21.3. The van der Waals surface area contributed by atoms with E-state index in [1.54, 1.807) is 51.6 Å². The Morgan fingerprint density at radius 3 is 2.68 bits per heavy atom. The molecule has 2 aromatic heterocycles. The minimum Gasteiger partial charge on any atom is -0.365 e. The van der Waals surface area contributed by atoms with E-state index < -0.39 is 11.7 Å². The van der Waals surface area contributed by atoms with Crippen LogP contribution in [0.25, 0.3) is 27.0 Å². The van der Waals surface area contributed by atoms with Crippen molar-refractivity contribution in [2.45, 2.75) is 19.5 Å². The molecule has 9 nitrogen and oxygen atoms in total. The molecule has 0 saturated heterocycles. The summed E-state index contributed by atoms with van der Waals surface area (Å²) >= 11 is 0. The average Bonchev–Trinajstić information content (AvgIpc) is 3.40. The zero-order chi connectivity index (χ0) is 24.0. The Hall–Kier alpha value is -4.52. The van der Waals surface area contributed by atoms with E-state index in [2.05, 4.69) is 15.0 Å². The molecule has 0 radical (unpaired) electrons. The molecule has 0 bridgehead atoms. The highest BCUT2D eigenvalue weighted by Crippen LogP contribution is 2.31. The molecule has 1 aliphatic heterocycles. The van der Waals surface area contributed by atoms with E-state index in [9.17, 15) is 14.0 Å². The van der Waals surface area contributed by atoms with Crippen LogP contribution < -0.4 is 5.73 Å². The minimum atomic E-state index is -0.689. The SMILES string of the molecule is [C-]#[N+]c1ccc(CC(=O)N2CCn3nc(-c4cc(F)c5cnn(C)c5c4)c(C(N)=O)c3C2)cc1. The Kier molecular flexibility index (Phi) is 5.09. The fraction of sp³-hybridized carbons (Fsp3) is 0.208. The van der Waals surface area contributed by atoms with Crippen LogP contribution in [0.2, 0.25) is 0 Å². The van der Waals surface area contributed by atoms with Gasteiger partial charge in [0.15, 0.2) is 5.69 Å². The predicted octanol–water partition coefficient (Wildman–Crippen LogP) is 2.81. The molecule has 4 aromatic rings. The van der Waals surface area contributed by atoms with Gasteiger partial charge in [-0.25, -0.2) is 9.24 Å². The van der Waals surface area contributed by atoms with Crippen molar-refractivity contribution in [2.75, 3.05) is 6.54 Å². The number of carbonyl (C=O) groups is 2. The third-order valence-corrected chi connectivity index (χ3v) is 6.09. The first-order valence-electron chi connectivity index (χ1n) is 10.6. The summed E-state index contributed by atoms with van der Waals surface area (Å²) in [5.41, 5.74) is 9.01. The summed E-state index contributed by atoms with van der Waals surface area (Å²) in [5.74, 6) is -1.27. The van der Waals surface area contributed by atoms with E-state index in [0.29, 0.717) is 40.9 Å². The number of amides is 2. The van der Waals surface area contributed by atoms with Crippen LogP contribution in [0.3, 0.4) is 0 Å². The van der Waals surface area contributed by atoms with Gasteiger partial charge in [-0.05, 0) is 17.7 Å². The predicted molar refractivity (Wildman–Crippen MR) is 122 cm³/mol. The van der Waals surface area contributed by atoms with Gasteiger partial charge in [0, 0.05) is 19.2 Å². The molecule has 0 spiro atoms. The number of nitrogens with zero attached hydrogens (tertiary/aromatic N) is 6. The summed E-state index contributed by atoms with van der Waals surface area (Å²) in [7, 11) is 1.71. The molecular weight excluding hydrogens is 437 g/mol. The van der Waals surface area contributed by atoms with E-state index in [1.165, 1.54) is 12.3 Å². The molecule has 10 heteroatoms. The van der Waals surface area contributed by atoms with Crippen LogP contribution in [0, 0.1) is 12.4 Å². The fourth-order valence-corrected chi connectivity index (χ4v) is 4.31. The molecule has 0 aliphatic carbocycles. The first-order valence-corrected chi connectivity index (χ1v) is 10.6. The third-order valence-electron chi connectivity index (χ3n) is 6.09. The van der Waals surface area contributed by atoms with E-state index in [0.717, 1.165) is 5.56 Å². The van der Waals surface area contributed by atoms with Crippen molar-refractivity contribution in [2.24, 2.45) is 12.8 Å². The largest absolute Gasteiger partial charge is 0.365 e. The van der Waals surface area contributed by atoms with Crippen molar-refractivity contribution in [1.82, 2.24) is 24.5 Å². The standard InChI is InChI=1S/C24H20FN7O2/c1-27-16-5-3-14(4-6-16)9-21(33)31-7-8-32-20(13-31)22(24(26)34)23(29-32)15-10-18(25)17-12-28-30(2)19(17)11-15/h3-6,10-12H,7-9,13H2,2H3,(H2,26,34). The van der Waals surface area contributed by atoms with Crippen LogP contribution in [0.4, 0.5) is 10.1 Å². The second kappa shape index (κ2) is 8.12. The zero-order valence-corrected chi connectivity index (χ0v) is 18.3. The normalized spacial score (nSPS) is 13.0. The highest BCUT2D eigenvalue weighted by molar-refractivity contribution is 6.01. The smallest absolute Gasteiger partial charge is 0.252 e. The summed E-state index contributed by atoms with van der Waals surface area (Å²) < 4.78 is 17.9. The number of rotatable bonds is 4. The van der Waals surface area contributed by atoms with E-state index in [4.69, 9.17) is 12.3 Å². The monoisotopic (exact) mass is 457 g/mol. The first-order chi connectivity index (χ1) is 16.4. The topological polar surface area (TPSA) is 103 Å². The van der Waals surface area contributed by atoms with Gasteiger partial charge in [-0.2, -0.15) is 10.2 Å². The number of hydrogen-bond donors (Lipinski definition) is 1. The number of carbonyl (C=O) groups excluding carboxylic acids is 2. The Morgan fingerprint density at radius 1 is 1.21 bits per heavy atom. The lowest BCUT2D eigenvalue weighted by atomic mass is 10.0. The molecule has 1 aliphatic rings. The van der Waals surface area contributed by atoms with Crippen molar-refractivity contribution >= 4 is 28.4 Å². The van der Waals surface area contributed by atoms with Crippen molar-refractivity contribution in [3.8, 4) is 11.3 Å². The Morgan fingerprint density at radius 2 is 1.97 bits per heavy atom. The number of aromatic nitrogens is 4. The van der Waals surface area contributed by atoms with Crippen LogP contribution in [0.5, 0.6) is 0 Å². The van der Waals surface area contributed by atoms with Crippen LogP contribution >= 0.6 is 0 Å². The van der Waals surface area contributed by atoms with Crippen LogP contribution in [-0.2, 0) is 31.4 Å². The number of aryl methyl sites for hydroxylation is 1. The Balaban J connectivity index is 1.47. The lowest BCUT2D eigenvalue weighted by Gasteiger charge is -2.28. The van der Waals surface area contributed by atoms with E-state index in [-0.39, 0.29) is 30.1 Å². The lowest BCUT2D eigenvalue weighted by molar-refractivity contribution is -0.132. The molecule has 5 rings (SSSR count). The summed E-state index contributed by atoms with van der Waals surface area (Å²) in [6.45, 7) is 8.00. The average molecular weight is 457 g/mol. The molecule has 3 heterocycles. The van der Waals surface area contributed by atoms with Gasteiger partial charge >= 0.3 is 0 Å². The second-order valence-electron chi connectivity index (χ2n) is 8.19. The third kappa shape index (κ3) is 3.57. The lowest BCUT2D eigenvalue weighted by Crippen LogP contribution is -2.40. The van der Waals surface area contributed by atoms with Gasteiger partial charge in [0.2, 0.25) is 5.91 Å². The van der Waals surface area contributed by atoms with Crippen LogP contribution in [0.15, 0.2) is 42.6 Å². The Labute approximate surface area is 194 Å². The van der Waals surface area contributed by atoms with Crippen LogP contribution in [-0.4, -0.2) is 42.8 Å². The number of halogens is 1. The second-order valence-corrected chi connectivity index (χ2v) is 8.19. The molecule has 0 atom stereocenters. The summed E-state index contributed by atoms with van der Waals surface area (Å²) in [6, 6.07) is 9.92. The van der Waals surface area contributed by atoms with Gasteiger partial charge in [0.05, 0.1) is 54.4 Å². The molecule has 2 amide bonds. The molecule has 0 fully saturated rings. The summed E-state index contributed by atoms with van der Waals surface area (Å²) in [6.07, 6.45) is 1.62. The molecule has 2 aromatic carbocycles. The van der Waals surface area contributed by atoms with E-state index in [1.807, 2.05) is 0 Å². The van der Waals surface area contributed by atoms with Gasteiger partial charge < -0.3 is 10.6 Å². The quantitative estimate of drug-likeness (QED) is 0.476. The molecule has 2 N–H and O–H groups in total. The summed E-state index contributed by atoms with van der Waals surface area (Å²) in [5, 5.41) is 9.01. The van der Waals surface area contributed by atoms with Crippen molar-refractivity contribution in [1.29, 1.82) is 0 Å². The van der Waals surface area contributed by atoms with Crippen LogP contribution in [0.1, 0.15) is 21.6 Å². The molecule has 0 saturated carbocycles. The zero-order valence-electron chi connectivity index (χ0n) is 18.3. The number of nitrogens with two attached hydrogens (primary N) is 1. The Bertz CT molecular complexity index is 1490. The fourth-order valence-electron chi connectivity index (χ4n) is 4.31. The maximum atomic E-state index is 14.7.